The predicted molar refractivity (Wildman–Crippen MR) is 62.6 cm³/mol. The molecular weight excluding hydrogens is 194 g/mol. The van der Waals surface area contributed by atoms with Crippen molar-refractivity contribution in [1.82, 2.24) is 15.1 Å². The molecule has 3 nitrogen and oxygen atoms in total. The Morgan fingerprint density at radius 1 is 1.57 bits per heavy atom. The molecule has 0 aromatic carbocycles. The molecule has 80 valence electrons. The monoisotopic (exact) mass is 213 g/mol. The number of aryl methyl sites for hydroxylation is 1. The van der Waals surface area contributed by atoms with Gasteiger partial charge in [0, 0.05) is 19.0 Å². The highest BCUT2D eigenvalue weighted by molar-refractivity contribution is 7.99. The van der Waals surface area contributed by atoms with Gasteiger partial charge in [-0.1, -0.05) is 13.8 Å². The average molecular weight is 213 g/mol. The Morgan fingerprint density at radius 3 is 2.71 bits per heavy atom. The van der Waals surface area contributed by atoms with Crippen LogP contribution >= 0.6 is 11.8 Å². The Bertz CT molecular complexity index is 270. The van der Waals surface area contributed by atoms with Crippen LogP contribution in [0.4, 0.5) is 0 Å². The van der Waals surface area contributed by atoms with Gasteiger partial charge in [0.2, 0.25) is 0 Å². The van der Waals surface area contributed by atoms with Crippen LogP contribution in [-0.4, -0.2) is 27.8 Å². The first-order valence-corrected chi connectivity index (χ1v) is 5.96. The minimum Gasteiger partial charge on any atom is -0.311 e. The number of rotatable bonds is 5. The van der Waals surface area contributed by atoms with E-state index in [4.69, 9.17) is 0 Å². The lowest BCUT2D eigenvalue weighted by atomic mass is 10.2. The molecule has 0 amide bonds. The van der Waals surface area contributed by atoms with Crippen LogP contribution in [0.15, 0.2) is 12.3 Å². The number of thioether (sulfide) groups is 1. The van der Waals surface area contributed by atoms with Crippen molar-refractivity contribution < 1.29 is 0 Å². The van der Waals surface area contributed by atoms with E-state index >= 15 is 0 Å². The number of hydrogen-bond acceptors (Lipinski definition) is 3. The maximum absolute atomic E-state index is 4.40. The first-order chi connectivity index (χ1) is 6.63. The molecule has 1 unspecified atom stereocenters. The highest BCUT2D eigenvalue weighted by Gasteiger charge is 2.12. The lowest BCUT2D eigenvalue weighted by Gasteiger charge is -2.14. The Balaban J connectivity index is 2.54. The molecule has 0 spiro atoms. The lowest BCUT2D eigenvalue weighted by molar-refractivity contribution is 0.618. The maximum atomic E-state index is 4.40. The van der Waals surface area contributed by atoms with Crippen LogP contribution < -0.4 is 5.32 Å². The summed E-state index contributed by atoms with van der Waals surface area (Å²) in [6.07, 6.45) is 1.99. The zero-order valence-electron chi connectivity index (χ0n) is 9.32. The van der Waals surface area contributed by atoms with Crippen LogP contribution in [0.25, 0.3) is 0 Å². The van der Waals surface area contributed by atoms with E-state index in [2.05, 4.69) is 30.3 Å². The molecule has 1 aromatic heterocycles. The van der Waals surface area contributed by atoms with Crippen molar-refractivity contribution in [3.8, 4) is 0 Å². The largest absolute Gasteiger partial charge is 0.311 e. The third-order valence-corrected chi connectivity index (χ3v) is 3.23. The van der Waals surface area contributed by atoms with E-state index in [1.54, 1.807) is 0 Å². The summed E-state index contributed by atoms with van der Waals surface area (Å²) in [6, 6.07) is 2.44. The lowest BCUT2D eigenvalue weighted by Crippen LogP contribution is -2.20. The second-order valence-corrected chi connectivity index (χ2v) is 5.25. The molecule has 0 fully saturated rings. The molecule has 0 aliphatic rings. The van der Waals surface area contributed by atoms with Gasteiger partial charge in [-0.25, -0.2) is 0 Å². The van der Waals surface area contributed by atoms with E-state index in [9.17, 15) is 0 Å². The molecule has 0 saturated heterocycles. The summed E-state index contributed by atoms with van der Waals surface area (Å²) >= 11 is 1.96. The number of nitrogens with one attached hydrogen (secondary N) is 1. The van der Waals surface area contributed by atoms with Crippen LogP contribution in [0.1, 0.15) is 25.6 Å². The molecule has 4 heteroatoms. The summed E-state index contributed by atoms with van der Waals surface area (Å²) in [5.41, 5.74) is 1.13. The van der Waals surface area contributed by atoms with Crippen LogP contribution in [0, 0.1) is 0 Å². The predicted octanol–water partition coefficient (Wildman–Crippen LogP) is 1.82. The van der Waals surface area contributed by atoms with Crippen molar-refractivity contribution in [2.45, 2.75) is 25.1 Å². The Hall–Kier alpha value is -0.480. The Labute approximate surface area is 90.3 Å². The number of aromatic nitrogens is 2. The van der Waals surface area contributed by atoms with Gasteiger partial charge in [0.15, 0.2) is 0 Å². The van der Waals surface area contributed by atoms with E-state index < -0.39 is 0 Å². The van der Waals surface area contributed by atoms with Crippen LogP contribution in [0.3, 0.4) is 0 Å². The summed E-state index contributed by atoms with van der Waals surface area (Å²) in [5.74, 6) is 1.07. The molecule has 0 saturated carbocycles. The van der Waals surface area contributed by atoms with E-state index in [1.165, 1.54) is 0 Å². The van der Waals surface area contributed by atoms with E-state index in [1.807, 2.05) is 36.7 Å². The SMILES string of the molecule is CNC(CSC(C)C)c1ccn(C)n1. The van der Waals surface area contributed by atoms with Crippen molar-refractivity contribution in [2.24, 2.45) is 7.05 Å². The third kappa shape index (κ3) is 3.35. The highest BCUT2D eigenvalue weighted by Crippen LogP contribution is 2.19. The van der Waals surface area contributed by atoms with Crippen LogP contribution in [0.5, 0.6) is 0 Å². The summed E-state index contributed by atoms with van der Waals surface area (Å²) < 4.78 is 1.85. The molecule has 0 aliphatic carbocycles. The third-order valence-electron chi connectivity index (χ3n) is 2.04. The van der Waals surface area contributed by atoms with Gasteiger partial charge >= 0.3 is 0 Å². The molecule has 1 N–H and O–H groups in total. The smallest absolute Gasteiger partial charge is 0.0802 e. The first-order valence-electron chi connectivity index (χ1n) is 4.92. The molecule has 1 rings (SSSR count). The van der Waals surface area contributed by atoms with Gasteiger partial charge in [0.1, 0.15) is 0 Å². The minimum atomic E-state index is 0.364. The van der Waals surface area contributed by atoms with Crippen LogP contribution in [0.2, 0.25) is 0 Å². The summed E-state index contributed by atoms with van der Waals surface area (Å²) in [6.45, 7) is 4.44. The normalized spacial score (nSPS) is 13.5. The van der Waals surface area contributed by atoms with E-state index in [-0.39, 0.29) is 0 Å². The van der Waals surface area contributed by atoms with Gasteiger partial charge in [0.25, 0.3) is 0 Å². The van der Waals surface area contributed by atoms with E-state index in [0.29, 0.717) is 11.3 Å². The fourth-order valence-electron chi connectivity index (χ4n) is 1.22. The van der Waals surface area contributed by atoms with Crippen molar-refractivity contribution >= 4 is 11.8 Å². The molecule has 14 heavy (non-hydrogen) atoms. The van der Waals surface area contributed by atoms with Gasteiger partial charge in [-0.2, -0.15) is 16.9 Å². The fraction of sp³-hybridized carbons (Fsp3) is 0.700. The summed E-state index contributed by atoms with van der Waals surface area (Å²) in [5, 5.41) is 8.37. The minimum absolute atomic E-state index is 0.364. The molecular formula is C10H19N3S. The Morgan fingerprint density at radius 2 is 2.29 bits per heavy atom. The molecule has 0 radical (unpaired) electrons. The second kappa shape index (κ2) is 5.41. The molecule has 0 aliphatic heterocycles. The van der Waals surface area contributed by atoms with Gasteiger partial charge in [-0.15, -0.1) is 0 Å². The highest BCUT2D eigenvalue weighted by atomic mass is 32.2. The van der Waals surface area contributed by atoms with Gasteiger partial charge in [-0.3, -0.25) is 4.68 Å². The van der Waals surface area contributed by atoms with Gasteiger partial charge in [-0.05, 0) is 18.4 Å². The standard InChI is InChI=1S/C10H19N3S/c1-8(2)14-7-10(11-3)9-5-6-13(4)12-9/h5-6,8,10-11H,7H2,1-4H3. The molecule has 1 atom stereocenters. The van der Waals surface area contributed by atoms with Crippen molar-refractivity contribution in [2.75, 3.05) is 12.8 Å². The van der Waals surface area contributed by atoms with Gasteiger partial charge < -0.3 is 5.32 Å². The zero-order chi connectivity index (χ0) is 10.6. The number of hydrogen-bond donors (Lipinski definition) is 1. The molecule has 1 heterocycles. The average Bonchev–Trinajstić information content (AvgIpc) is 2.53. The van der Waals surface area contributed by atoms with Crippen molar-refractivity contribution in [3.05, 3.63) is 18.0 Å². The quantitative estimate of drug-likeness (QED) is 0.809. The maximum Gasteiger partial charge on any atom is 0.0802 e. The van der Waals surface area contributed by atoms with Gasteiger partial charge in [0.05, 0.1) is 11.7 Å². The second-order valence-electron chi connectivity index (χ2n) is 3.64. The van der Waals surface area contributed by atoms with Crippen molar-refractivity contribution in [1.29, 1.82) is 0 Å². The number of nitrogens with zero attached hydrogens (tertiary/aromatic N) is 2. The van der Waals surface area contributed by atoms with E-state index in [0.717, 1.165) is 11.4 Å². The fourth-order valence-corrected chi connectivity index (χ4v) is 2.14. The topological polar surface area (TPSA) is 29.9 Å². The van der Waals surface area contributed by atoms with Crippen LogP contribution in [-0.2, 0) is 7.05 Å². The Kier molecular flexibility index (Phi) is 4.48. The first kappa shape index (κ1) is 11.6. The summed E-state index contributed by atoms with van der Waals surface area (Å²) in [7, 11) is 3.94. The molecule has 1 aromatic rings. The summed E-state index contributed by atoms with van der Waals surface area (Å²) in [4.78, 5) is 0. The van der Waals surface area contributed by atoms with Crippen molar-refractivity contribution in [3.63, 3.8) is 0 Å². The zero-order valence-corrected chi connectivity index (χ0v) is 10.1. The molecule has 0 bridgehead atoms.